The van der Waals surface area contributed by atoms with Crippen LogP contribution in [0.5, 0.6) is 0 Å². The third-order valence-electron chi connectivity index (χ3n) is 7.15. The van der Waals surface area contributed by atoms with Gasteiger partial charge in [0.15, 0.2) is 0 Å². The van der Waals surface area contributed by atoms with E-state index in [0.29, 0.717) is 25.6 Å². The molecule has 0 radical (unpaired) electrons. The Morgan fingerprint density at radius 3 is 2.68 bits per heavy atom. The molecule has 37 heavy (non-hydrogen) atoms. The number of carbonyl (C=O) groups is 1. The van der Waals surface area contributed by atoms with E-state index in [1.54, 1.807) is 11.8 Å². The first-order chi connectivity index (χ1) is 17.9. The van der Waals surface area contributed by atoms with Crippen LogP contribution in [0.25, 0.3) is 0 Å². The normalized spacial score (nSPS) is 20.6. The van der Waals surface area contributed by atoms with Gasteiger partial charge in [-0.05, 0) is 64.0 Å². The molecule has 2 aromatic rings. The molecule has 2 unspecified atom stereocenters. The number of thioether (sulfide) groups is 1. The van der Waals surface area contributed by atoms with Gasteiger partial charge < -0.3 is 10.2 Å². The predicted molar refractivity (Wildman–Crippen MR) is 153 cm³/mol. The molecule has 1 N–H and O–H groups in total. The minimum atomic E-state index is -0.0187. The Morgan fingerprint density at radius 2 is 2.03 bits per heavy atom. The van der Waals surface area contributed by atoms with Gasteiger partial charge in [0.05, 0.1) is 10.7 Å². The summed E-state index contributed by atoms with van der Waals surface area (Å²) >= 11 is 1.72. The highest BCUT2D eigenvalue weighted by atomic mass is 32.2. The Hall–Kier alpha value is -2.80. The van der Waals surface area contributed by atoms with Crippen molar-refractivity contribution in [1.82, 2.24) is 25.0 Å². The van der Waals surface area contributed by atoms with Crippen LogP contribution in [-0.4, -0.2) is 44.5 Å². The molecule has 1 aliphatic heterocycles. The Morgan fingerprint density at radius 1 is 1.22 bits per heavy atom. The number of rotatable bonds is 10. The first-order valence-corrected chi connectivity index (χ1v) is 14.6. The van der Waals surface area contributed by atoms with Crippen molar-refractivity contribution in [3.63, 3.8) is 0 Å². The molecule has 2 fully saturated rings. The quantitative estimate of drug-likeness (QED) is 0.275. The summed E-state index contributed by atoms with van der Waals surface area (Å²) in [5.41, 5.74) is 4.78. The Balaban J connectivity index is 1.52. The number of allylic oxidation sites excluding steroid dienone is 5. The molecular weight excluding hydrogens is 478 g/mol. The van der Waals surface area contributed by atoms with Gasteiger partial charge >= 0.3 is 6.03 Å². The van der Waals surface area contributed by atoms with Crippen LogP contribution >= 0.6 is 11.8 Å². The van der Waals surface area contributed by atoms with Crippen LogP contribution < -0.4 is 5.32 Å². The van der Waals surface area contributed by atoms with E-state index in [2.05, 4.69) is 67.0 Å². The lowest BCUT2D eigenvalue weighted by molar-refractivity contribution is 0.207. The third-order valence-corrected chi connectivity index (χ3v) is 7.97. The van der Waals surface area contributed by atoms with Crippen molar-refractivity contribution in [3.8, 4) is 0 Å². The number of urea groups is 1. The van der Waals surface area contributed by atoms with Gasteiger partial charge in [-0.3, -0.25) is 4.68 Å². The van der Waals surface area contributed by atoms with E-state index in [1.165, 1.54) is 29.8 Å². The SMILES string of the molecule is C\C=C/C=C\C=C(/C)C1CN(C(=O)NCc2ccc(SCC)nc2)CC1c1cc(C2CC2)nn1C(C)C. The molecule has 7 heteroatoms. The van der Waals surface area contributed by atoms with Crippen LogP contribution in [0.15, 0.2) is 65.4 Å². The summed E-state index contributed by atoms with van der Waals surface area (Å²) in [4.78, 5) is 19.8. The molecule has 6 nitrogen and oxygen atoms in total. The second-order valence-corrected chi connectivity index (χ2v) is 11.6. The molecule has 0 bridgehead atoms. The smallest absolute Gasteiger partial charge is 0.317 e. The van der Waals surface area contributed by atoms with Crippen LogP contribution in [0.1, 0.15) is 82.3 Å². The Bertz CT molecular complexity index is 1140. The summed E-state index contributed by atoms with van der Waals surface area (Å²) in [6.45, 7) is 12.6. The summed E-state index contributed by atoms with van der Waals surface area (Å²) in [6.07, 6.45) is 14.7. The van der Waals surface area contributed by atoms with Gasteiger partial charge in [-0.1, -0.05) is 48.9 Å². The predicted octanol–water partition coefficient (Wildman–Crippen LogP) is 6.85. The highest BCUT2D eigenvalue weighted by Gasteiger charge is 2.40. The molecule has 198 valence electrons. The summed E-state index contributed by atoms with van der Waals surface area (Å²) in [6, 6.07) is 6.66. The summed E-state index contributed by atoms with van der Waals surface area (Å²) in [7, 11) is 0. The van der Waals surface area contributed by atoms with Crippen LogP contribution in [0.2, 0.25) is 0 Å². The number of aromatic nitrogens is 3. The van der Waals surface area contributed by atoms with Gasteiger partial charge in [0, 0.05) is 55.3 Å². The average molecular weight is 520 g/mol. The lowest BCUT2D eigenvalue weighted by Crippen LogP contribution is -2.38. The molecule has 3 heterocycles. The van der Waals surface area contributed by atoms with Crippen molar-refractivity contribution in [1.29, 1.82) is 0 Å². The largest absolute Gasteiger partial charge is 0.334 e. The standard InChI is InChI=1S/C30H41N5OS/c1-6-8-9-10-11-22(5)25-19-34(30(36)32-18-23-12-15-29(31-17-23)37-7-2)20-26(25)28-16-27(24-13-14-24)33-35(28)21(3)4/h6,8-12,15-17,21,24-26H,7,13-14,18-20H2,1-5H3,(H,32,36)/b8-6-,10-9-,22-11+. The van der Waals surface area contributed by atoms with Crippen molar-refractivity contribution in [2.24, 2.45) is 5.92 Å². The number of likely N-dealkylation sites (tertiary alicyclic amines) is 1. The number of nitrogens with zero attached hydrogens (tertiary/aromatic N) is 4. The second-order valence-electron chi connectivity index (χ2n) is 10.3. The summed E-state index contributed by atoms with van der Waals surface area (Å²) in [5, 5.41) is 9.15. The fourth-order valence-corrected chi connectivity index (χ4v) is 5.56. The summed E-state index contributed by atoms with van der Waals surface area (Å²) in [5.74, 6) is 2.06. The minimum Gasteiger partial charge on any atom is -0.334 e. The van der Waals surface area contributed by atoms with E-state index < -0.39 is 0 Å². The second kappa shape index (κ2) is 12.6. The van der Waals surface area contributed by atoms with E-state index >= 15 is 0 Å². The zero-order valence-electron chi connectivity index (χ0n) is 22.9. The topological polar surface area (TPSA) is 63.1 Å². The molecule has 2 amide bonds. The molecule has 1 saturated carbocycles. The molecule has 1 aliphatic carbocycles. The number of amides is 2. The van der Waals surface area contributed by atoms with Crippen molar-refractivity contribution in [2.75, 3.05) is 18.8 Å². The van der Waals surface area contributed by atoms with Crippen LogP contribution in [0.4, 0.5) is 4.79 Å². The van der Waals surface area contributed by atoms with Gasteiger partial charge in [0.25, 0.3) is 0 Å². The van der Waals surface area contributed by atoms with Gasteiger partial charge in [-0.15, -0.1) is 11.8 Å². The fraction of sp³-hybridized carbons (Fsp3) is 0.500. The molecule has 0 spiro atoms. The third kappa shape index (κ3) is 6.95. The van der Waals surface area contributed by atoms with E-state index in [1.807, 2.05) is 42.3 Å². The van der Waals surface area contributed by atoms with Crippen molar-refractivity contribution >= 4 is 17.8 Å². The van der Waals surface area contributed by atoms with Crippen molar-refractivity contribution in [3.05, 3.63) is 77.3 Å². The first-order valence-electron chi connectivity index (χ1n) is 13.6. The number of carbonyl (C=O) groups excluding carboxylic acids is 1. The average Bonchev–Trinajstić information content (AvgIpc) is 3.48. The zero-order valence-corrected chi connectivity index (χ0v) is 23.7. The van der Waals surface area contributed by atoms with Gasteiger partial charge in [0.1, 0.15) is 0 Å². The van der Waals surface area contributed by atoms with Crippen LogP contribution in [0, 0.1) is 5.92 Å². The van der Waals surface area contributed by atoms with E-state index in [-0.39, 0.29) is 23.9 Å². The number of hydrogen-bond donors (Lipinski definition) is 1. The lowest BCUT2D eigenvalue weighted by Gasteiger charge is -2.21. The van der Waals surface area contributed by atoms with Crippen LogP contribution in [-0.2, 0) is 6.54 Å². The highest BCUT2D eigenvalue weighted by molar-refractivity contribution is 7.99. The molecule has 0 aromatic carbocycles. The maximum atomic E-state index is 13.3. The maximum Gasteiger partial charge on any atom is 0.317 e. The van der Waals surface area contributed by atoms with Gasteiger partial charge in [0.2, 0.25) is 0 Å². The lowest BCUT2D eigenvalue weighted by atomic mass is 9.86. The van der Waals surface area contributed by atoms with E-state index in [4.69, 9.17) is 5.10 Å². The molecule has 2 aliphatic rings. The molecule has 4 rings (SSSR count). The molecule has 2 atom stereocenters. The Kier molecular flexibility index (Phi) is 9.30. The van der Waals surface area contributed by atoms with E-state index in [9.17, 15) is 4.79 Å². The number of hydrogen-bond acceptors (Lipinski definition) is 4. The minimum absolute atomic E-state index is 0.0187. The molecule has 2 aromatic heterocycles. The van der Waals surface area contributed by atoms with Crippen LogP contribution in [0.3, 0.4) is 0 Å². The Labute approximate surface area is 226 Å². The highest BCUT2D eigenvalue weighted by Crippen LogP contribution is 2.43. The molecule has 1 saturated heterocycles. The van der Waals surface area contributed by atoms with Gasteiger partial charge in [-0.25, -0.2) is 9.78 Å². The zero-order chi connectivity index (χ0) is 26.4. The van der Waals surface area contributed by atoms with Gasteiger partial charge in [-0.2, -0.15) is 5.10 Å². The maximum absolute atomic E-state index is 13.3. The summed E-state index contributed by atoms with van der Waals surface area (Å²) < 4.78 is 2.21. The van der Waals surface area contributed by atoms with Crippen molar-refractivity contribution in [2.45, 2.75) is 76.9 Å². The number of pyridine rings is 1. The molecular formula is C30H41N5OS. The fourth-order valence-electron chi connectivity index (χ4n) is 4.97. The number of nitrogens with one attached hydrogen (secondary N) is 1. The monoisotopic (exact) mass is 519 g/mol. The first kappa shape index (κ1) is 27.2. The van der Waals surface area contributed by atoms with E-state index in [0.717, 1.165) is 16.3 Å². The van der Waals surface area contributed by atoms with Crippen molar-refractivity contribution < 1.29 is 4.79 Å².